The van der Waals surface area contributed by atoms with Crippen LogP contribution in [0.4, 0.5) is 0 Å². The number of nitrogens with two attached hydrogens (primary N) is 1. The molecule has 1 heterocycles. The Morgan fingerprint density at radius 3 is 2.90 bits per heavy atom. The maximum absolute atomic E-state index is 11.4. The van der Waals surface area contributed by atoms with Crippen molar-refractivity contribution in [3.05, 3.63) is 45.7 Å². The van der Waals surface area contributed by atoms with E-state index in [2.05, 4.69) is 5.10 Å². The molecule has 0 saturated heterocycles. The Bertz CT molecular complexity index is 642. The van der Waals surface area contributed by atoms with Crippen LogP contribution in [-0.2, 0) is 6.73 Å². The minimum Gasteiger partial charge on any atom is -0.470 e. The number of ether oxygens (including phenoxy) is 1. The quantitative estimate of drug-likeness (QED) is 0.514. The lowest BCUT2D eigenvalue weighted by atomic mass is 10.2. The summed E-state index contributed by atoms with van der Waals surface area (Å²) in [7, 11) is 0. The van der Waals surface area contributed by atoms with E-state index in [9.17, 15) is 4.79 Å². The maximum atomic E-state index is 11.4. The zero-order valence-electron chi connectivity index (χ0n) is 10.6. The van der Waals surface area contributed by atoms with Gasteiger partial charge < -0.3 is 4.74 Å². The van der Waals surface area contributed by atoms with Gasteiger partial charge in [-0.25, -0.2) is 10.5 Å². The third-order valence-electron chi connectivity index (χ3n) is 2.50. The summed E-state index contributed by atoms with van der Waals surface area (Å²) in [5, 5.41) is 4.65. The third kappa shape index (κ3) is 3.22. The summed E-state index contributed by atoms with van der Waals surface area (Å²) in [6.45, 7) is 2.00. The van der Waals surface area contributed by atoms with Gasteiger partial charge in [-0.05, 0) is 24.6 Å². The van der Waals surface area contributed by atoms with Crippen LogP contribution in [0.2, 0.25) is 10.0 Å². The van der Waals surface area contributed by atoms with Gasteiger partial charge >= 0.3 is 0 Å². The van der Waals surface area contributed by atoms with Gasteiger partial charge in [-0.1, -0.05) is 29.3 Å². The van der Waals surface area contributed by atoms with Gasteiger partial charge in [0.15, 0.2) is 12.4 Å². The number of rotatable bonds is 4. The van der Waals surface area contributed by atoms with E-state index < -0.39 is 5.91 Å². The average molecular weight is 315 g/mol. The molecule has 0 radical (unpaired) electrons. The van der Waals surface area contributed by atoms with Crippen molar-refractivity contribution in [2.45, 2.75) is 13.7 Å². The molecule has 0 bridgehead atoms. The number of carbonyl (C=O) groups is 1. The molecule has 0 saturated carbocycles. The van der Waals surface area contributed by atoms with Crippen molar-refractivity contribution in [2.75, 3.05) is 0 Å². The largest absolute Gasteiger partial charge is 0.470 e. The number of benzene rings is 1. The molecule has 0 aliphatic carbocycles. The fourth-order valence-electron chi connectivity index (χ4n) is 1.54. The zero-order valence-corrected chi connectivity index (χ0v) is 12.1. The molecule has 106 valence electrons. The van der Waals surface area contributed by atoms with Crippen LogP contribution >= 0.6 is 23.2 Å². The second kappa shape index (κ2) is 6.13. The van der Waals surface area contributed by atoms with Gasteiger partial charge in [0.1, 0.15) is 5.75 Å². The Labute approximate surface area is 125 Å². The van der Waals surface area contributed by atoms with Gasteiger partial charge in [0.25, 0.3) is 5.91 Å². The number of aryl methyl sites for hydroxylation is 1. The van der Waals surface area contributed by atoms with Crippen LogP contribution in [-0.4, -0.2) is 15.7 Å². The smallest absolute Gasteiger partial charge is 0.287 e. The number of hydrazine groups is 1. The van der Waals surface area contributed by atoms with Crippen LogP contribution in [0.15, 0.2) is 24.4 Å². The lowest BCUT2D eigenvalue weighted by molar-refractivity contribution is 0.0946. The molecule has 0 aliphatic rings. The zero-order chi connectivity index (χ0) is 14.7. The number of hydrogen-bond donors (Lipinski definition) is 2. The number of amides is 1. The predicted octanol–water partition coefficient (Wildman–Crippen LogP) is 2.14. The van der Waals surface area contributed by atoms with Crippen molar-refractivity contribution in [1.82, 2.24) is 15.2 Å². The number of nitrogens with zero attached hydrogens (tertiary/aromatic N) is 2. The van der Waals surface area contributed by atoms with E-state index in [-0.39, 0.29) is 17.4 Å². The van der Waals surface area contributed by atoms with Crippen LogP contribution in [0.3, 0.4) is 0 Å². The molecule has 1 aromatic carbocycles. The lowest BCUT2D eigenvalue weighted by Crippen LogP contribution is -2.30. The van der Waals surface area contributed by atoms with Crippen molar-refractivity contribution < 1.29 is 9.53 Å². The van der Waals surface area contributed by atoms with Crippen LogP contribution in [0, 0.1) is 6.92 Å². The highest BCUT2D eigenvalue weighted by atomic mass is 35.5. The number of carbonyl (C=O) groups excluding carboxylic acids is 1. The van der Waals surface area contributed by atoms with Gasteiger partial charge in [-0.15, -0.1) is 0 Å². The molecule has 1 aromatic heterocycles. The number of nitrogen functional groups attached to an aromatic ring is 1. The summed E-state index contributed by atoms with van der Waals surface area (Å²) in [6.07, 6.45) is 1.47. The maximum Gasteiger partial charge on any atom is 0.287 e. The van der Waals surface area contributed by atoms with Gasteiger partial charge in [-0.3, -0.25) is 10.2 Å². The lowest BCUT2D eigenvalue weighted by Gasteiger charge is -2.08. The first-order chi connectivity index (χ1) is 9.51. The van der Waals surface area contributed by atoms with Crippen LogP contribution in [0.5, 0.6) is 5.75 Å². The molecule has 1 amide bonds. The molecule has 0 fully saturated rings. The summed E-state index contributed by atoms with van der Waals surface area (Å²) >= 11 is 11.9. The molecule has 3 N–H and O–H groups in total. The van der Waals surface area contributed by atoms with E-state index in [0.29, 0.717) is 10.8 Å². The molecule has 2 rings (SSSR count). The van der Waals surface area contributed by atoms with Crippen LogP contribution < -0.4 is 16.0 Å². The van der Waals surface area contributed by atoms with Gasteiger partial charge in [0.05, 0.1) is 10.0 Å². The van der Waals surface area contributed by atoms with E-state index in [0.717, 1.165) is 5.56 Å². The van der Waals surface area contributed by atoms with Gasteiger partial charge in [-0.2, -0.15) is 5.10 Å². The highest BCUT2D eigenvalue weighted by molar-refractivity contribution is 6.33. The average Bonchev–Trinajstić information content (AvgIpc) is 2.80. The van der Waals surface area contributed by atoms with Crippen molar-refractivity contribution in [3.63, 3.8) is 0 Å². The Morgan fingerprint density at radius 1 is 1.45 bits per heavy atom. The molecule has 8 heteroatoms. The SMILES string of the molecule is Cc1ccc(Cl)c(OCn2cc(Cl)c(C(=O)NN)n2)c1. The number of nitrogens with one attached hydrogen (secondary N) is 1. The minimum atomic E-state index is -0.567. The highest BCUT2D eigenvalue weighted by Crippen LogP contribution is 2.25. The molecule has 0 atom stereocenters. The molecule has 6 nitrogen and oxygen atoms in total. The van der Waals surface area contributed by atoms with E-state index in [1.54, 1.807) is 12.1 Å². The van der Waals surface area contributed by atoms with E-state index in [4.69, 9.17) is 33.8 Å². The summed E-state index contributed by atoms with van der Waals surface area (Å²) in [6, 6.07) is 5.43. The van der Waals surface area contributed by atoms with Crippen molar-refractivity contribution in [1.29, 1.82) is 0 Å². The van der Waals surface area contributed by atoms with Crippen LogP contribution in [0.25, 0.3) is 0 Å². The van der Waals surface area contributed by atoms with E-state index in [1.165, 1.54) is 10.9 Å². The molecule has 0 spiro atoms. The molecule has 0 aliphatic heterocycles. The Balaban J connectivity index is 2.11. The molecule has 2 aromatic rings. The predicted molar refractivity (Wildman–Crippen MR) is 75.7 cm³/mol. The monoisotopic (exact) mass is 314 g/mol. The van der Waals surface area contributed by atoms with Crippen molar-refractivity contribution >= 4 is 29.1 Å². The Kier molecular flexibility index (Phi) is 4.49. The fraction of sp³-hybridized carbons (Fsp3) is 0.167. The second-order valence-electron chi connectivity index (χ2n) is 4.05. The first-order valence-corrected chi connectivity index (χ1v) is 6.39. The Morgan fingerprint density at radius 2 is 2.20 bits per heavy atom. The molecular weight excluding hydrogens is 303 g/mol. The van der Waals surface area contributed by atoms with Gasteiger partial charge in [0, 0.05) is 6.20 Å². The third-order valence-corrected chi connectivity index (χ3v) is 3.09. The molecule has 20 heavy (non-hydrogen) atoms. The number of hydrogen-bond acceptors (Lipinski definition) is 4. The first kappa shape index (κ1) is 14.6. The fourth-order valence-corrected chi connectivity index (χ4v) is 1.95. The normalized spacial score (nSPS) is 10.4. The molecule has 0 unspecified atom stereocenters. The summed E-state index contributed by atoms with van der Waals surface area (Å²) in [5.41, 5.74) is 3.02. The van der Waals surface area contributed by atoms with Crippen LogP contribution in [0.1, 0.15) is 16.1 Å². The van der Waals surface area contributed by atoms with E-state index >= 15 is 0 Å². The van der Waals surface area contributed by atoms with Crippen molar-refractivity contribution in [3.8, 4) is 5.75 Å². The standard InChI is InChI=1S/C12H12Cl2N4O2/c1-7-2-3-8(13)10(4-7)20-6-18-5-9(14)11(17-18)12(19)16-15/h2-5H,6,15H2,1H3,(H,16,19). The summed E-state index contributed by atoms with van der Waals surface area (Å²) < 4.78 is 6.91. The summed E-state index contributed by atoms with van der Waals surface area (Å²) in [4.78, 5) is 11.4. The van der Waals surface area contributed by atoms with Crippen molar-refractivity contribution in [2.24, 2.45) is 5.84 Å². The highest BCUT2D eigenvalue weighted by Gasteiger charge is 2.14. The summed E-state index contributed by atoms with van der Waals surface area (Å²) in [5.74, 6) is 4.99. The minimum absolute atomic E-state index is 0.0353. The topological polar surface area (TPSA) is 82.2 Å². The number of halogens is 2. The van der Waals surface area contributed by atoms with E-state index in [1.807, 2.05) is 18.4 Å². The Hall–Kier alpha value is -1.76. The van der Waals surface area contributed by atoms with Gasteiger partial charge in [0.2, 0.25) is 0 Å². The number of aromatic nitrogens is 2. The first-order valence-electron chi connectivity index (χ1n) is 5.64. The second-order valence-corrected chi connectivity index (χ2v) is 4.86. The molecular formula is C12H12Cl2N4O2.